The van der Waals surface area contributed by atoms with Crippen LogP contribution in [-0.2, 0) is 49.6 Å². The molecule has 25 nitrogen and oxygen atoms in total. The van der Waals surface area contributed by atoms with E-state index in [-0.39, 0.29) is 88.1 Å². The molecular formula is C49H80N12O13. The number of aliphatic hydroxyl groups excluding tert-OH is 2. The lowest BCUT2D eigenvalue weighted by atomic mass is 9.99. The number of hydrogen-bond donors (Lipinski definition) is 13. The van der Waals surface area contributed by atoms with Gasteiger partial charge in [0.2, 0.25) is 47.3 Å². The summed E-state index contributed by atoms with van der Waals surface area (Å²) in [4.78, 5) is 129. The number of amides is 8. The first-order valence-corrected chi connectivity index (χ1v) is 25.3. The number of hydrogen-bond acceptors (Lipinski definition) is 14. The minimum atomic E-state index is -1.62. The van der Waals surface area contributed by atoms with Gasteiger partial charge in [-0.2, -0.15) is 0 Å². The van der Waals surface area contributed by atoms with Gasteiger partial charge in [-0.25, -0.2) is 4.79 Å². The van der Waals surface area contributed by atoms with E-state index >= 15 is 0 Å². The molecule has 1 aromatic carbocycles. The van der Waals surface area contributed by atoms with Gasteiger partial charge in [0, 0.05) is 26.1 Å². The Balaban J connectivity index is 1.80. The van der Waals surface area contributed by atoms with Crippen molar-refractivity contribution in [3.05, 3.63) is 29.8 Å². The van der Waals surface area contributed by atoms with Crippen LogP contribution in [0.15, 0.2) is 29.3 Å². The minimum Gasteiger partial charge on any atom is -0.508 e. The molecule has 0 unspecified atom stereocenters. The standard InChI is InChI=1S/C49H80N12O13/c1-25(2)21-33(41(66)54-32(11-8-18-53-49(51)52)40(65)57-35(48(73)74)23-29-14-16-30(64)17-15-29)55-42(67)36-12-10-20-61(36)47(72)34(22-26(3)4)56-45(70)39(28(7)63)59-44(69)38(27(5)6)58-43(68)37-13-9-19-60(37)46(71)31(50)24-62/h14-17,25-28,31-39,62-64H,8-13,18-24,50H2,1-7H3,(H,54,66)(H,55,67)(H,56,70)(H,57,65)(H,58,68)(H,59,69)(H,73,74)(H4,51,52,53)/t28-,31+,32+,33+,34+,35+,36+,37+,38+,39+/m1/s1. The normalized spacial score (nSPS) is 18.8. The monoisotopic (exact) mass is 1040 g/mol. The Bertz CT molecular complexity index is 2140. The van der Waals surface area contributed by atoms with Gasteiger partial charge in [0.15, 0.2) is 5.96 Å². The van der Waals surface area contributed by atoms with Crippen molar-refractivity contribution in [3.8, 4) is 5.75 Å². The molecule has 0 radical (unpaired) electrons. The lowest BCUT2D eigenvalue weighted by Crippen LogP contribution is -2.62. The maximum absolute atomic E-state index is 14.5. The second-order valence-electron chi connectivity index (χ2n) is 20.3. The van der Waals surface area contributed by atoms with Crippen LogP contribution in [0, 0.1) is 17.8 Å². The summed E-state index contributed by atoms with van der Waals surface area (Å²) in [7, 11) is 0. The van der Waals surface area contributed by atoms with Crippen molar-refractivity contribution in [2.24, 2.45) is 39.9 Å². The first-order valence-electron chi connectivity index (χ1n) is 25.3. The number of carbonyl (C=O) groups is 9. The number of carbonyl (C=O) groups excluding carboxylic acids is 8. The Kier molecular flexibility index (Phi) is 24.5. The van der Waals surface area contributed by atoms with Crippen LogP contribution in [0.4, 0.5) is 0 Å². The van der Waals surface area contributed by atoms with E-state index in [1.54, 1.807) is 13.8 Å². The lowest BCUT2D eigenvalue weighted by molar-refractivity contribution is -0.143. The zero-order valence-electron chi connectivity index (χ0n) is 43.5. The summed E-state index contributed by atoms with van der Waals surface area (Å²) in [6.07, 6.45) is 0.0371. The first kappa shape index (κ1) is 61.7. The summed E-state index contributed by atoms with van der Waals surface area (Å²) >= 11 is 0. The zero-order valence-corrected chi connectivity index (χ0v) is 43.5. The average Bonchev–Trinajstić information content (AvgIpc) is 4.03. The Hall–Kier alpha value is -6.60. The maximum Gasteiger partial charge on any atom is 0.326 e. The van der Waals surface area contributed by atoms with Gasteiger partial charge in [0.25, 0.3) is 0 Å². The second-order valence-corrected chi connectivity index (χ2v) is 20.3. The van der Waals surface area contributed by atoms with Gasteiger partial charge in [-0.15, -0.1) is 0 Å². The number of nitrogens with zero attached hydrogens (tertiary/aromatic N) is 3. The van der Waals surface area contributed by atoms with Crippen LogP contribution in [-0.4, -0.2) is 176 Å². The van der Waals surface area contributed by atoms with E-state index in [0.717, 1.165) is 0 Å². The molecule has 0 aliphatic carbocycles. The number of aliphatic hydroxyl groups is 2. The molecule has 2 heterocycles. The number of aliphatic imine (C=N–C) groups is 1. The quantitative estimate of drug-likeness (QED) is 0.0233. The number of carboxylic acid groups (broad SMARTS) is 1. The molecule has 8 amide bonds. The Labute approximate surface area is 431 Å². The number of benzene rings is 1. The third kappa shape index (κ3) is 18.7. The number of rotatable bonds is 28. The largest absolute Gasteiger partial charge is 0.508 e. The Morgan fingerprint density at radius 1 is 0.662 bits per heavy atom. The average molecular weight is 1050 g/mol. The molecule has 25 heteroatoms. The van der Waals surface area contributed by atoms with E-state index in [0.29, 0.717) is 18.4 Å². The van der Waals surface area contributed by atoms with Gasteiger partial charge >= 0.3 is 5.97 Å². The van der Waals surface area contributed by atoms with Gasteiger partial charge in [-0.3, -0.25) is 43.3 Å². The van der Waals surface area contributed by atoms with Crippen molar-refractivity contribution in [3.63, 3.8) is 0 Å². The predicted octanol–water partition coefficient (Wildman–Crippen LogP) is -2.59. The number of phenols is 1. The number of nitrogens with one attached hydrogen (secondary N) is 6. The molecule has 10 atom stereocenters. The molecule has 16 N–H and O–H groups in total. The van der Waals surface area contributed by atoms with E-state index in [2.05, 4.69) is 36.9 Å². The van der Waals surface area contributed by atoms with Gasteiger partial charge in [0.1, 0.15) is 60.1 Å². The van der Waals surface area contributed by atoms with Gasteiger partial charge in [0.05, 0.1) is 12.7 Å². The van der Waals surface area contributed by atoms with Crippen LogP contribution in [0.3, 0.4) is 0 Å². The molecule has 2 saturated heterocycles. The molecule has 3 rings (SSSR count). The molecule has 2 aliphatic rings. The summed E-state index contributed by atoms with van der Waals surface area (Å²) in [5.74, 6) is -8.40. The summed E-state index contributed by atoms with van der Waals surface area (Å²) in [6.45, 7) is 11.6. The third-order valence-electron chi connectivity index (χ3n) is 12.7. The number of aromatic hydroxyl groups is 1. The number of guanidine groups is 1. The topological polar surface area (TPSA) is 404 Å². The van der Waals surface area contributed by atoms with Crippen molar-refractivity contribution in [1.29, 1.82) is 0 Å². The van der Waals surface area contributed by atoms with Crippen molar-refractivity contribution in [1.82, 2.24) is 41.7 Å². The van der Waals surface area contributed by atoms with Crippen molar-refractivity contribution < 1.29 is 63.6 Å². The molecule has 0 spiro atoms. The van der Waals surface area contributed by atoms with E-state index < -0.39 is 126 Å². The van der Waals surface area contributed by atoms with Crippen molar-refractivity contribution >= 4 is 59.2 Å². The maximum atomic E-state index is 14.5. The van der Waals surface area contributed by atoms with E-state index in [1.165, 1.54) is 41.0 Å². The molecule has 0 bridgehead atoms. The number of phenolic OH excluding ortho intramolecular Hbond substituents is 1. The predicted molar refractivity (Wildman–Crippen MR) is 271 cm³/mol. The summed E-state index contributed by atoms with van der Waals surface area (Å²) in [5.41, 5.74) is 17.2. The fraction of sp³-hybridized carbons (Fsp3) is 0.673. The Morgan fingerprint density at radius 2 is 1.16 bits per heavy atom. The molecule has 2 fully saturated rings. The minimum absolute atomic E-state index is 0.0320. The Morgan fingerprint density at radius 3 is 1.68 bits per heavy atom. The highest BCUT2D eigenvalue weighted by Crippen LogP contribution is 2.23. The summed E-state index contributed by atoms with van der Waals surface area (Å²) in [5, 5.41) is 55.6. The highest BCUT2D eigenvalue weighted by atomic mass is 16.4. The van der Waals surface area contributed by atoms with E-state index in [9.17, 15) is 63.6 Å². The van der Waals surface area contributed by atoms with Crippen molar-refractivity contribution in [2.75, 3.05) is 26.2 Å². The van der Waals surface area contributed by atoms with Crippen LogP contribution in [0.25, 0.3) is 0 Å². The van der Waals surface area contributed by atoms with Crippen LogP contribution in [0.2, 0.25) is 0 Å². The summed E-state index contributed by atoms with van der Waals surface area (Å²) < 4.78 is 0. The van der Waals surface area contributed by atoms with Crippen LogP contribution < -0.4 is 49.1 Å². The number of aliphatic carboxylic acids is 1. The van der Waals surface area contributed by atoms with E-state index in [4.69, 9.17) is 17.2 Å². The number of carboxylic acids is 1. The zero-order chi connectivity index (χ0) is 55.6. The van der Waals surface area contributed by atoms with Crippen LogP contribution >= 0.6 is 0 Å². The number of nitrogens with two attached hydrogens (primary N) is 3. The first-order chi connectivity index (χ1) is 34.7. The fourth-order valence-electron chi connectivity index (χ4n) is 8.84. The highest BCUT2D eigenvalue weighted by molar-refractivity contribution is 5.98. The van der Waals surface area contributed by atoms with Crippen LogP contribution in [0.1, 0.15) is 105 Å². The van der Waals surface area contributed by atoms with Gasteiger partial charge < -0.3 is 79.3 Å². The third-order valence-corrected chi connectivity index (χ3v) is 12.7. The lowest BCUT2D eigenvalue weighted by Gasteiger charge is -2.32. The molecule has 0 saturated carbocycles. The van der Waals surface area contributed by atoms with Crippen molar-refractivity contribution in [2.45, 2.75) is 167 Å². The SMILES string of the molecule is CC(C)C[C@H](NC(=O)[C@@H]1CCCN1C(=O)[C@H](CC(C)C)NC(=O)[C@@H](NC(=O)[C@@H](NC(=O)[C@@H]1CCCN1C(=O)[C@@H](N)CO)C(C)C)[C@@H](C)O)C(=O)N[C@@H](CCCN=C(N)N)C(=O)N[C@@H](Cc1ccc(O)cc1)C(=O)O. The highest BCUT2D eigenvalue weighted by Gasteiger charge is 2.42. The molecule has 1 aromatic rings. The number of likely N-dealkylation sites (tertiary alicyclic amines) is 2. The van der Waals surface area contributed by atoms with Crippen LogP contribution in [0.5, 0.6) is 5.75 Å². The van der Waals surface area contributed by atoms with Gasteiger partial charge in [-0.05, 0) is 93.7 Å². The van der Waals surface area contributed by atoms with Gasteiger partial charge in [-0.1, -0.05) is 53.7 Å². The molecular weight excluding hydrogens is 965 g/mol. The fourth-order valence-corrected chi connectivity index (χ4v) is 8.84. The van der Waals surface area contributed by atoms with E-state index in [1.807, 2.05) is 27.7 Å². The molecule has 74 heavy (non-hydrogen) atoms. The molecule has 2 aliphatic heterocycles. The molecule has 0 aromatic heterocycles. The summed E-state index contributed by atoms with van der Waals surface area (Å²) in [6, 6.07) is -5.58. The second kappa shape index (κ2) is 29.3. The molecule has 414 valence electrons. The smallest absolute Gasteiger partial charge is 0.326 e.